The molecule has 0 spiro atoms. The fourth-order valence-electron chi connectivity index (χ4n) is 3.07. The largest absolute Gasteiger partial charge is 0.388 e. The van der Waals surface area contributed by atoms with Crippen molar-refractivity contribution in [3.63, 3.8) is 0 Å². The zero-order valence-corrected chi connectivity index (χ0v) is 12.1. The van der Waals surface area contributed by atoms with Gasteiger partial charge in [-0.05, 0) is 31.7 Å². The Kier molecular flexibility index (Phi) is 4.28. The lowest BCUT2D eigenvalue weighted by Crippen LogP contribution is -2.41. The molecule has 1 fully saturated rings. The number of nitrogens with one attached hydrogen (secondary N) is 1. The van der Waals surface area contributed by atoms with E-state index in [0.717, 1.165) is 31.4 Å². The zero-order chi connectivity index (χ0) is 14.8. The molecule has 1 aromatic carbocycles. The van der Waals surface area contributed by atoms with Gasteiger partial charge in [0, 0.05) is 23.9 Å². The number of rotatable bonds is 4. The molecular formula is C15H22N2O3. The summed E-state index contributed by atoms with van der Waals surface area (Å²) in [4.78, 5) is 10.5. The molecule has 2 atom stereocenters. The summed E-state index contributed by atoms with van der Waals surface area (Å²) in [6.45, 7) is 4.33. The topological polar surface area (TPSA) is 75.4 Å². The van der Waals surface area contributed by atoms with Gasteiger partial charge in [-0.1, -0.05) is 25.8 Å². The minimum absolute atomic E-state index is 0.110. The van der Waals surface area contributed by atoms with E-state index < -0.39 is 5.60 Å². The number of nitro groups is 1. The van der Waals surface area contributed by atoms with Crippen molar-refractivity contribution in [1.29, 1.82) is 0 Å². The second kappa shape index (κ2) is 5.79. The first kappa shape index (κ1) is 14.8. The van der Waals surface area contributed by atoms with Crippen LogP contribution in [-0.4, -0.2) is 22.2 Å². The molecule has 2 rings (SSSR count). The van der Waals surface area contributed by atoms with E-state index in [9.17, 15) is 15.2 Å². The van der Waals surface area contributed by atoms with E-state index in [1.807, 2.05) is 6.07 Å². The molecule has 2 N–H and O–H groups in total. The minimum Gasteiger partial charge on any atom is -0.388 e. The maximum atomic E-state index is 10.9. The SMILES string of the molecule is Cc1c(NCC2(O)CCCC(C)C2)cccc1[N+](=O)[O-]. The molecule has 5 heteroatoms. The van der Waals surface area contributed by atoms with Crippen molar-refractivity contribution in [2.75, 3.05) is 11.9 Å². The first-order chi connectivity index (χ1) is 9.41. The molecular weight excluding hydrogens is 256 g/mol. The molecule has 0 saturated heterocycles. The Morgan fingerprint density at radius 3 is 2.95 bits per heavy atom. The number of hydrogen-bond donors (Lipinski definition) is 2. The molecule has 1 saturated carbocycles. The maximum Gasteiger partial charge on any atom is 0.274 e. The molecule has 1 aliphatic carbocycles. The Morgan fingerprint density at radius 1 is 1.55 bits per heavy atom. The normalized spacial score (nSPS) is 26.2. The summed E-state index contributed by atoms with van der Waals surface area (Å²) in [5, 5.41) is 24.7. The van der Waals surface area contributed by atoms with Crippen molar-refractivity contribution in [3.8, 4) is 0 Å². The summed E-state index contributed by atoms with van der Waals surface area (Å²) in [5.41, 5.74) is 0.754. The first-order valence-corrected chi connectivity index (χ1v) is 7.11. The minimum atomic E-state index is -0.700. The van der Waals surface area contributed by atoms with E-state index in [2.05, 4.69) is 12.2 Å². The van der Waals surface area contributed by atoms with Crippen LogP contribution in [0.25, 0.3) is 0 Å². The molecule has 1 aliphatic rings. The average Bonchev–Trinajstić information content (AvgIpc) is 2.37. The fraction of sp³-hybridized carbons (Fsp3) is 0.600. The van der Waals surface area contributed by atoms with Crippen LogP contribution < -0.4 is 5.32 Å². The summed E-state index contributed by atoms with van der Waals surface area (Å²) < 4.78 is 0. The van der Waals surface area contributed by atoms with Gasteiger partial charge in [0.1, 0.15) is 0 Å². The molecule has 110 valence electrons. The van der Waals surface area contributed by atoms with E-state index in [4.69, 9.17) is 0 Å². The lowest BCUT2D eigenvalue weighted by Gasteiger charge is -2.36. The summed E-state index contributed by atoms with van der Waals surface area (Å²) in [6.07, 6.45) is 3.78. The van der Waals surface area contributed by atoms with Crippen LogP contribution in [0.2, 0.25) is 0 Å². The van der Waals surface area contributed by atoms with Gasteiger partial charge >= 0.3 is 0 Å². The van der Waals surface area contributed by atoms with Gasteiger partial charge in [0.2, 0.25) is 0 Å². The Labute approximate surface area is 119 Å². The Hall–Kier alpha value is -1.62. The van der Waals surface area contributed by atoms with E-state index in [1.165, 1.54) is 6.07 Å². The predicted molar refractivity (Wildman–Crippen MR) is 78.9 cm³/mol. The number of benzene rings is 1. The molecule has 0 amide bonds. The van der Waals surface area contributed by atoms with Crippen LogP contribution in [0.5, 0.6) is 0 Å². The van der Waals surface area contributed by atoms with Crippen molar-refractivity contribution in [2.45, 2.75) is 45.1 Å². The molecule has 5 nitrogen and oxygen atoms in total. The lowest BCUT2D eigenvalue weighted by atomic mass is 9.79. The van der Waals surface area contributed by atoms with Crippen molar-refractivity contribution in [2.24, 2.45) is 5.92 Å². The zero-order valence-electron chi connectivity index (χ0n) is 12.1. The lowest BCUT2D eigenvalue weighted by molar-refractivity contribution is -0.385. The van der Waals surface area contributed by atoms with Gasteiger partial charge < -0.3 is 10.4 Å². The summed E-state index contributed by atoms with van der Waals surface area (Å²) >= 11 is 0. The highest BCUT2D eigenvalue weighted by Crippen LogP contribution is 2.33. The summed E-state index contributed by atoms with van der Waals surface area (Å²) in [6, 6.07) is 4.98. The van der Waals surface area contributed by atoms with Crippen LogP contribution in [0.4, 0.5) is 11.4 Å². The maximum absolute atomic E-state index is 10.9. The van der Waals surface area contributed by atoms with Crippen LogP contribution in [0, 0.1) is 23.0 Å². The molecule has 0 heterocycles. The standard InChI is InChI=1S/C15H22N2O3/c1-11-5-4-8-15(18,9-11)10-16-13-6-3-7-14(12(13)2)17(19)20/h3,6-7,11,16,18H,4-5,8-10H2,1-2H3. The third-order valence-corrected chi connectivity index (χ3v) is 4.18. The Morgan fingerprint density at radius 2 is 2.30 bits per heavy atom. The van der Waals surface area contributed by atoms with E-state index in [0.29, 0.717) is 18.0 Å². The van der Waals surface area contributed by atoms with Crippen LogP contribution in [0.3, 0.4) is 0 Å². The third kappa shape index (κ3) is 3.28. The van der Waals surface area contributed by atoms with Gasteiger partial charge in [0.15, 0.2) is 0 Å². The van der Waals surface area contributed by atoms with Crippen molar-refractivity contribution in [1.82, 2.24) is 0 Å². The summed E-state index contributed by atoms with van der Waals surface area (Å²) in [7, 11) is 0. The second-order valence-electron chi connectivity index (χ2n) is 5.99. The molecule has 0 aromatic heterocycles. The second-order valence-corrected chi connectivity index (χ2v) is 5.99. The molecule has 20 heavy (non-hydrogen) atoms. The fourth-order valence-corrected chi connectivity index (χ4v) is 3.07. The number of nitro benzene ring substituents is 1. The van der Waals surface area contributed by atoms with Gasteiger partial charge in [0.25, 0.3) is 5.69 Å². The number of nitrogens with zero attached hydrogens (tertiary/aromatic N) is 1. The Balaban J connectivity index is 2.07. The van der Waals surface area contributed by atoms with E-state index in [1.54, 1.807) is 13.0 Å². The van der Waals surface area contributed by atoms with Crippen molar-refractivity contribution in [3.05, 3.63) is 33.9 Å². The van der Waals surface area contributed by atoms with Crippen LogP contribution in [0.1, 0.15) is 38.2 Å². The van der Waals surface area contributed by atoms with Crippen LogP contribution >= 0.6 is 0 Å². The van der Waals surface area contributed by atoms with Gasteiger partial charge in [-0.15, -0.1) is 0 Å². The van der Waals surface area contributed by atoms with Crippen molar-refractivity contribution < 1.29 is 10.0 Å². The van der Waals surface area contributed by atoms with Gasteiger partial charge in [-0.3, -0.25) is 10.1 Å². The van der Waals surface area contributed by atoms with Crippen LogP contribution in [-0.2, 0) is 0 Å². The molecule has 1 aromatic rings. The van der Waals surface area contributed by atoms with E-state index >= 15 is 0 Å². The van der Waals surface area contributed by atoms with Gasteiger partial charge in [-0.25, -0.2) is 0 Å². The highest BCUT2D eigenvalue weighted by Gasteiger charge is 2.32. The molecule has 0 radical (unpaired) electrons. The highest BCUT2D eigenvalue weighted by molar-refractivity contribution is 5.59. The molecule has 0 bridgehead atoms. The first-order valence-electron chi connectivity index (χ1n) is 7.11. The third-order valence-electron chi connectivity index (χ3n) is 4.18. The molecule has 0 aliphatic heterocycles. The highest BCUT2D eigenvalue weighted by atomic mass is 16.6. The average molecular weight is 278 g/mol. The molecule has 2 unspecified atom stereocenters. The van der Waals surface area contributed by atoms with Crippen LogP contribution in [0.15, 0.2) is 18.2 Å². The van der Waals surface area contributed by atoms with Crippen molar-refractivity contribution >= 4 is 11.4 Å². The van der Waals surface area contributed by atoms with E-state index in [-0.39, 0.29) is 10.6 Å². The number of anilines is 1. The van der Waals surface area contributed by atoms with Gasteiger partial charge in [-0.2, -0.15) is 0 Å². The summed E-state index contributed by atoms with van der Waals surface area (Å²) in [5.74, 6) is 0.529. The Bertz CT molecular complexity index is 504. The number of hydrogen-bond acceptors (Lipinski definition) is 4. The quantitative estimate of drug-likeness (QED) is 0.654. The van der Waals surface area contributed by atoms with Gasteiger partial charge in [0.05, 0.1) is 10.5 Å². The number of aliphatic hydroxyl groups is 1. The smallest absolute Gasteiger partial charge is 0.274 e. The predicted octanol–water partition coefficient (Wildman–Crippen LogP) is 3.26. The monoisotopic (exact) mass is 278 g/mol.